The van der Waals surface area contributed by atoms with Crippen molar-refractivity contribution in [3.8, 4) is 0 Å². The van der Waals surface area contributed by atoms with Crippen LogP contribution in [-0.4, -0.2) is 39.5 Å². The van der Waals surface area contributed by atoms with Gasteiger partial charge in [0.2, 0.25) is 0 Å². The lowest BCUT2D eigenvalue weighted by Gasteiger charge is -2.19. The highest BCUT2D eigenvalue weighted by Gasteiger charge is 2.15. The number of nitrogens with zero attached hydrogens (tertiary/aromatic N) is 3. The molecule has 1 rings (SSSR count). The number of hydrogen-bond acceptors (Lipinski definition) is 5. The van der Waals surface area contributed by atoms with Gasteiger partial charge in [-0.1, -0.05) is 0 Å². The maximum Gasteiger partial charge on any atom is 0.407 e. The van der Waals surface area contributed by atoms with E-state index >= 15 is 0 Å². The molecule has 0 aromatic carbocycles. The Morgan fingerprint density at radius 3 is 2.80 bits per heavy atom. The average Bonchev–Trinajstić information content (AvgIpc) is 2.78. The number of aromatic nitrogens is 3. The molecule has 114 valence electrons. The Bertz CT molecular complexity index is 411. The van der Waals surface area contributed by atoms with Crippen molar-refractivity contribution in [2.75, 3.05) is 13.1 Å². The van der Waals surface area contributed by atoms with E-state index < -0.39 is 5.60 Å². The molecule has 0 fully saturated rings. The van der Waals surface area contributed by atoms with Crippen LogP contribution in [0.3, 0.4) is 0 Å². The van der Waals surface area contributed by atoms with Crippen LogP contribution in [0.15, 0.2) is 6.33 Å². The lowest BCUT2D eigenvalue weighted by molar-refractivity contribution is 0.0527. The van der Waals surface area contributed by atoms with Gasteiger partial charge in [0.05, 0.1) is 6.54 Å². The van der Waals surface area contributed by atoms with Gasteiger partial charge in [-0.2, -0.15) is 0 Å². The van der Waals surface area contributed by atoms with Crippen molar-refractivity contribution in [3.05, 3.63) is 12.2 Å². The Morgan fingerprint density at radius 2 is 2.15 bits per heavy atom. The van der Waals surface area contributed by atoms with E-state index in [1.807, 2.05) is 25.3 Å². The van der Waals surface area contributed by atoms with Gasteiger partial charge in [-0.15, -0.1) is 10.2 Å². The fraction of sp³-hybridized carbons (Fsp3) is 0.769. The predicted octanol–water partition coefficient (Wildman–Crippen LogP) is 1.30. The fourth-order valence-electron chi connectivity index (χ4n) is 1.60. The van der Waals surface area contributed by atoms with Gasteiger partial charge in [0, 0.05) is 13.1 Å². The summed E-state index contributed by atoms with van der Waals surface area (Å²) in [4.78, 5) is 11.4. The summed E-state index contributed by atoms with van der Waals surface area (Å²) in [6.07, 6.45) is 2.18. The van der Waals surface area contributed by atoms with E-state index in [1.54, 1.807) is 6.33 Å². The molecular formula is C13H25N5O2. The van der Waals surface area contributed by atoms with Gasteiger partial charge in [0.15, 0.2) is 0 Å². The summed E-state index contributed by atoms with van der Waals surface area (Å²) in [5, 5.41) is 13.9. The lowest BCUT2D eigenvalue weighted by atomic mass is 10.2. The van der Waals surface area contributed by atoms with Gasteiger partial charge in [-0.3, -0.25) is 0 Å². The molecular weight excluding hydrogens is 258 g/mol. The normalized spacial score (nSPS) is 11.4. The maximum atomic E-state index is 11.4. The zero-order valence-electron chi connectivity index (χ0n) is 12.8. The molecule has 1 aromatic rings. The number of carbonyl (C=O) groups is 1. The van der Waals surface area contributed by atoms with Crippen molar-refractivity contribution < 1.29 is 9.53 Å². The van der Waals surface area contributed by atoms with Crippen LogP contribution in [0, 0.1) is 0 Å². The first-order valence-electron chi connectivity index (χ1n) is 6.96. The minimum atomic E-state index is -0.452. The Hall–Kier alpha value is -1.63. The molecule has 0 atom stereocenters. The number of amides is 1. The number of nitrogens with one attached hydrogen (secondary N) is 2. The molecule has 0 aliphatic rings. The number of hydrogen-bond donors (Lipinski definition) is 2. The van der Waals surface area contributed by atoms with Crippen molar-refractivity contribution in [1.82, 2.24) is 25.4 Å². The minimum absolute atomic E-state index is 0.372. The summed E-state index contributed by atoms with van der Waals surface area (Å²) >= 11 is 0. The van der Waals surface area contributed by atoms with Crippen LogP contribution >= 0.6 is 0 Å². The monoisotopic (exact) mass is 283 g/mol. The van der Waals surface area contributed by atoms with Crippen molar-refractivity contribution in [2.24, 2.45) is 0 Å². The van der Waals surface area contributed by atoms with Crippen molar-refractivity contribution in [3.63, 3.8) is 0 Å². The van der Waals surface area contributed by atoms with Crippen LogP contribution in [0.5, 0.6) is 0 Å². The van der Waals surface area contributed by atoms with Gasteiger partial charge in [-0.05, 0) is 40.7 Å². The smallest absolute Gasteiger partial charge is 0.407 e. The highest BCUT2D eigenvalue weighted by Crippen LogP contribution is 2.06. The van der Waals surface area contributed by atoms with Crippen LogP contribution in [-0.2, 0) is 17.8 Å². The largest absolute Gasteiger partial charge is 0.444 e. The molecule has 20 heavy (non-hydrogen) atoms. The second kappa shape index (κ2) is 7.84. The SMILES string of the molecule is CCn1cnnc1CNCCCNC(=O)OC(C)(C)C. The first-order valence-corrected chi connectivity index (χ1v) is 6.96. The molecule has 0 aliphatic heterocycles. The van der Waals surface area contributed by atoms with Crippen LogP contribution in [0.1, 0.15) is 39.9 Å². The highest BCUT2D eigenvalue weighted by atomic mass is 16.6. The molecule has 1 amide bonds. The molecule has 7 nitrogen and oxygen atoms in total. The first kappa shape index (κ1) is 16.4. The van der Waals surface area contributed by atoms with Crippen LogP contribution in [0.2, 0.25) is 0 Å². The molecule has 2 N–H and O–H groups in total. The van der Waals surface area contributed by atoms with Crippen molar-refractivity contribution in [2.45, 2.75) is 52.8 Å². The van der Waals surface area contributed by atoms with E-state index in [2.05, 4.69) is 27.8 Å². The summed E-state index contributed by atoms with van der Waals surface area (Å²) < 4.78 is 7.13. The fourth-order valence-corrected chi connectivity index (χ4v) is 1.60. The zero-order chi connectivity index (χ0) is 15.0. The van der Waals surface area contributed by atoms with Crippen molar-refractivity contribution >= 4 is 6.09 Å². The van der Waals surface area contributed by atoms with Gasteiger partial charge in [0.25, 0.3) is 0 Å². The third-order valence-electron chi connectivity index (χ3n) is 2.52. The van der Waals surface area contributed by atoms with E-state index in [0.29, 0.717) is 13.1 Å². The van der Waals surface area contributed by atoms with Gasteiger partial charge < -0.3 is 19.9 Å². The van der Waals surface area contributed by atoms with E-state index in [-0.39, 0.29) is 6.09 Å². The summed E-state index contributed by atoms with van der Waals surface area (Å²) in [6, 6.07) is 0. The zero-order valence-corrected chi connectivity index (χ0v) is 12.8. The second-order valence-corrected chi connectivity index (χ2v) is 5.49. The molecule has 0 spiro atoms. The topological polar surface area (TPSA) is 81.1 Å². The molecule has 0 aliphatic carbocycles. The minimum Gasteiger partial charge on any atom is -0.444 e. The Balaban J connectivity index is 2.07. The molecule has 0 radical (unpaired) electrons. The molecule has 1 aromatic heterocycles. The standard InChI is InChI=1S/C13H25N5O2/c1-5-18-10-16-17-11(18)9-14-7-6-8-15-12(19)20-13(2,3)4/h10,14H,5-9H2,1-4H3,(H,15,19). The second-order valence-electron chi connectivity index (χ2n) is 5.49. The van der Waals surface area contributed by atoms with Crippen LogP contribution < -0.4 is 10.6 Å². The Morgan fingerprint density at radius 1 is 1.40 bits per heavy atom. The van der Waals surface area contributed by atoms with Crippen LogP contribution in [0.25, 0.3) is 0 Å². The number of alkyl carbamates (subject to hydrolysis) is 1. The summed E-state index contributed by atoms with van der Waals surface area (Å²) in [5.41, 5.74) is -0.452. The van der Waals surface area contributed by atoms with Crippen LogP contribution in [0.4, 0.5) is 4.79 Å². The molecule has 7 heteroatoms. The van der Waals surface area contributed by atoms with E-state index in [1.165, 1.54) is 0 Å². The third-order valence-corrected chi connectivity index (χ3v) is 2.52. The van der Waals surface area contributed by atoms with Gasteiger partial charge >= 0.3 is 6.09 Å². The number of aryl methyl sites for hydroxylation is 1. The number of rotatable bonds is 7. The molecule has 0 unspecified atom stereocenters. The Kier molecular flexibility index (Phi) is 6.44. The van der Waals surface area contributed by atoms with Gasteiger partial charge in [0.1, 0.15) is 17.8 Å². The Labute approximate surface area is 120 Å². The van der Waals surface area contributed by atoms with Gasteiger partial charge in [-0.25, -0.2) is 4.79 Å². The molecule has 1 heterocycles. The maximum absolute atomic E-state index is 11.4. The average molecular weight is 283 g/mol. The van der Waals surface area contributed by atoms with E-state index in [9.17, 15) is 4.79 Å². The summed E-state index contributed by atoms with van der Waals surface area (Å²) in [7, 11) is 0. The molecule has 0 saturated heterocycles. The number of ether oxygens (including phenoxy) is 1. The molecule has 0 bridgehead atoms. The predicted molar refractivity (Wildman–Crippen MR) is 76.3 cm³/mol. The number of carbonyl (C=O) groups excluding carboxylic acids is 1. The third kappa shape index (κ3) is 6.51. The first-order chi connectivity index (χ1) is 9.42. The van der Waals surface area contributed by atoms with Crippen molar-refractivity contribution in [1.29, 1.82) is 0 Å². The summed E-state index contributed by atoms with van der Waals surface area (Å²) in [6.45, 7) is 10.5. The molecule has 0 saturated carbocycles. The summed E-state index contributed by atoms with van der Waals surface area (Å²) in [5.74, 6) is 0.924. The quantitative estimate of drug-likeness (QED) is 0.737. The van der Waals surface area contributed by atoms with E-state index in [4.69, 9.17) is 4.74 Å². The highest BCUT2D eigenvalue weighted by molar-refractivity contribution is 5.67. The van der Waals surface area contributed by atoms with E-state index in [0.717, 1.165) is 25.3 Å². The lowest BCUT2D eigenvalue weighted by Crippen LogP contribution is -2.34.